The second kappa shape index (κ2) is 5.10. The molecule has 0 radical (unpaired) electrons. The van der Waals surface area contributed by atoms with Crippen molar-refractivity contribution in [2.45, 2.75) is 25.3 Å². The molecule has 3 nitrogen and oxygen atoms in total. The third-order valence-corrected chi connectivity index (χ3v) is 3.49. The van der Waals surface area contributed by atoms with Crippen LogP contribution in [0.15, 0.2) is 16.7 Å². The van der Waals surface area contributed by atoms with E-state index in [-0.39, 0.29) is 11.9 Å². The Morgan fingerprint density at radius 1 is 1.56 bits per heavy atom. The summed E-state index contributed by atoms with van der Waals surface area (Å²) < 4.78 is 14.1. The lowest BCUT2D eigenvalue weighted by molar-refractivity contribution is 0.502. The van der Waals surface area contributed by atoms with E-state index in [0.717, 1.165) is 12.8 Å². The van der Waals surface area contributed by atoms with Gasteiger partial charge < -0.3 is 11.1 Å². The zero-order chi connectivity index (χ0) is 11.5. The van der Waals surface area contributed by atoms with E-state index in [2.05, 4.69) is 26.2 Å². The number of rotatable bonds is 3. The van der Waals surface area contributed by atoms with Crippen LogP contribution in [0.1, 0.15) is 19.3 Å². The zero-order valence-electron chi connectivity index (χ0n) is 8.92. The molecule has 1 heterocycles. The molecule has 3 N–H and O–H groups in total. The highest BCUT2D eigenvalue weighted by Crippen LogP contribution is 2.24. The molecular formula is C11H15BrFN3. The standard InChI is InChI=1S/C11H15BrFN3/c12-8-4-9(13)11(16-6-8)15-5-7-2-1-3-10(7)14/h4,6-7,10H,1-3,5,14H2,(H,15,16). The van der Waals surface area contributed by atoms with Gasteiger partial charge in [-0.2, -0.15) is 0 Å². The summed E-state index contributed by atoms with van der Waals surface area (Å²) in [5.41, 5.74) is 5.94. The fourth-order valence-electron chi connectivity index (χ4n) is 2.09. The van der Waals surface area contributed by atoms with Crippen LogP contribution in [0.5, 0.6) is 0 Å². The van der Waals surface area contributed by atoms with Crippen LogP contribution in [-0.4, -0.2) is 17.6 Å². The van der Waals surface area contributed by atoms with Crippen molar-refractivity contribution in [3.05, 3.63) is 22.6 Å². The molecule has 0 aromatic carbocycles. The van der Waals surface area contributed by atoms with Gasteiger partial charge in [0.2, 0.25) is 0 Å². The smallest absolute Gasteiger partial charge is 0.166 e. The molecule has 0 spiro atoms. The van der Waals surface area contributed by atoms with E-state index in [4.69, 9.17) is 5.73 Å². The summed E-state index contributed by atoms with van der Waals surface area (Å²) >= 11 is 3.17. The van der Waals surface area contributed by atoms with Gasteiger partial charge in [0, 0.05) is 23.3 Å². The highest BCUT2D eigenvalue weighted by Gasteiger charge is 2.23. The molecule has 1 aromatic rings. The molecule has 88 valence electrons. The largest absolute Gasteiger partial charge is 0.367 e. The molecule has 1 aliphatic rings. The molecule has 2 rings (SSSR count). The van der Waals surface area contributed by atoms with Crippen molar-refractivity contribution >= 4 is 21.7 Å². The normalized spacial score (nSPS) is 24.7. The second-order valence-electron chi connectivity index (χ2n) is 4.22. The van der Waals surface area contributed by atoms with E-state index >= 15 is 0 Å². The number of halogens is 2. The predicted octanol–water partition coefficient (Wildman–Crippen LogP) is 2.52. The predicted molar refractivity (Wildman–Crippen MR) is 65.7 cm³/mol. The van der Waals surface area contributed by atoms with Gasteiger partial charge in [0.05, 0.1) is 0 Å². The van der Waals surface area contributed by atoms with E-state index in [1.54, 1.807) is 6.20 Å². The van der Waals surface area contributed by atoms with Gasteiger partial charge in [-0.1, -0.05) is 6.42 Å². The molecule has 16 heavy (non-hydrogen) atoms. The summed E-state index contributed by atoms with van der Waals surface area (Å²) in [5.74, 6) is 0.410. The first-order valence-corrected chi connectivity index (χ1v) is 6.26. The first-order valence-electron chi connectivity index (χ1n) is 5.47. The summed E-state index contributed by atoms with van der Waals surface area (Å²) in [7, 11) is 0. The second-order valence-corrected chi connectivity index (χ2v) is 5.14. The van der Waals surface area contributed by atoms with Gasteiger partial charge in [-0.05, 0) is 40.8 Å². The molecule has 1 saturated carbocycles. The molecule has 0 saturated heterocycles. The van der Waals surface area contributed by atoms with Gasteiger partial charge in [-0.15, -0.1) is 0 Å². The molecule has 2 atom stereocenters. The SMILES string of the molecule is NC1CCCC1CNc1ncc(Br)cc1F. The van der Waals surface area contributed by atoms with Gasteiger partial charge in [0.1, 0.15) is 0 Å². The lowest BCUT2D eigenvalue weighted by atomic mass is 10.1. The Morgan fingerprint density at radius 3 is 3.00 bits per heavy atom. The molecule has 0 amide bonds. The number of anilines is 1. The van der Waals surface area contributed by atoms with Gasteiger partial charge in [0.25, 0.3) is 0 Å². The molecule has 0 aliphatic heterocycles. The third-order valence-electron chi connectivity index (χ3n) is 3.06. The Balaban J connectivity index is 1.94. The van der Waals surface area contributed by atoms with Crippen LogP contribution in [-0.2, 0) is 0 Å². The Kier molecular flexibility index (Phi) is 3.76. The Bertz CT molecular complexity index is 372. The van der Waals surface area contributed by atoms with Crippen LogP contribution in [0.25, 0.3) is 0 Å². The van der Waals surface area contributed by atoms with Crippen LogP contribution in [0, 0.1) is 11.7 Å². The number of nitrogens with two attached hydrogens (primary N) is 1. The summed E-state index contributed by atoms with van der Waals surface area (Å²) in [6.07, 6.45) is 4.94. The lowest BCUT2D eigenvalue weighted by Crippen LogP contribution is -2.30. The van der Waals surface area contributed by atoms with Gasteiger partial charge in [-0.25, -0.2) is 9.37 Å². The van der Waals surface area contributed by atoms with Crippen LogP contribution >= 0.6 is 15.9 Å². The first-order chi connectivity index (χ1) is 7.66. The summed E-state index contributed by atoms with van der Waals surface area (Å²) in [6, 6.07) is 1.65. The molecule has 1 fully saturated rings. The molecule has 0 bridgehead atoms. The fourth-order valence-corrected chi connectivity index (χ4v) is 2.39. The number of hydrogen-bond donors (Lipinski definition) is 2. The van der Waals surface area contributed by atoms with E-state index in [0.29, 0.717) is 22.8 Å². The van der Waals surface area contributed by atoms with Crippen molar-refractivity contribution in [3.8, 4) is 0 Å². The topological polar surface area (TPSA) is 50.9 Å². The summed E-state index contributed by atoms with van der Waals surface area (Å²) in [4.78, 5) is 3.99. The Labute approximate surface area is 103 Å². The number of hydrogen-bond acceptors (Lipinski definition) is 3. The van der Waals surface area contributed by atoms with Gasteiger partial charge >= 0.3 is 0 Å². The Morgan fingerprint density at radius 2 is 2.38 bits per heavy atom. The van der Waals surface area contributed by atoms with Crippen LogP contribution in [0.2, 0.25) is 0 Å². The van der Waals surface area contributed by atoms with Crippen LogP contribution in [0.4, 0.5) is 10.2 Å². The van der Waals surface area contributed by atoms with Crippen LogP contribution < -0.4 is 11.1 Å². The van der Waals surface area contributed by atoms with E-state index < -0.39 is 0 Å². The number of nitrogens with zero attached hydrogens (tertiary/aromatic N) is 1. The molecule has 1 aliphatic carbocycles. The molecular weight excluding hydrogens is 273 g/mol. The van der Waals surface area contributed by atoms with Crippen molar-refractivity contribution in [1.82, 2.24) is 4.98 Å². The minimum Gasteiger partial charge on any atom is -0.367 e. The van der Waals surface area contributed by atoms with Gasteiger partial charge in [0.15, 0.2) is 11.6 Å². The zero-order valence-corrected chi connectivity index (χ0v) is 10.5. The highest BCUT2D eigenvalue weighted by molar-refractivity contribution is 9.10. The highest BCUT2D eigenvalue weighted by atomic mass is 79.9. The lowest BCUT2D eigenvalue weighted by Gasteiger charge is -2.16. The maximum Gasteiger partial charge on any atom is 0.166 e. The van der Waals surface area contributed by atoms with Crippen molar-refractivity contribution in [2.24, 2.45) is 11.7 Å². The van der Waals surface area contributed by atoms with Gasteiger partial charge in [-0.3, -0.25) is 0 Å². The minimum absolute atomic E-state index is 0.242. The van der Waals surface area contributed by atoms with E-state index in [9.17, 15) is 4.39 Å². The van der Waals surface area contributed by atoms with E-state index in [1.807, 2.05) is 0 Å². The Hall–Kier alpha value is -0.680. The maximum absolute atomic E-state index is 13.4. The number of aromatic nitrogens is 1. The van der Waals surface area contributed by atoms with Crippen molar-refractivity contribution in [1.29, 1.82) is 0 Å². The minimum atomic E-state index is -0.332. The van der Waals surface area contributed by atoms with Crippen molar-refractivity contribution in [3.63, 3.8) is 0 Å². The quantitative estimate of drug-likeness (QED) is 0.898. The van der Waals surface area contributed by atoms with E-state index in [1.165, 1.54) is 12.5 Å². The first kappa shape index (κ1) is 11.8. The van der Waals surface area contributed by atoms with Crippen molar-refractivity contribution in [2.75, 3.05) is 11.9 Å². The average molecular weight is 288 g/mol. The maximum atomic E-state index is 13.4. The molecule has 1 aromatic heterocycles. The van der Waals surface area contributed by atoms with Crippen molar-refractivity contribution < 1.29 is 4.39 Å². The monoisotopic (exact) mass is 287 g/mol. The number of pyridine rings is 1. The molecule has 2 unspecified atom stereocenters. The van der Waals surface area contributed by atoms with Crippen LogP contribution in [0.3, 0.4) is 0 Å². The fraction of sp³-hybridized carbons (Fsp3) is 0.545. The third kappa shape index (κ3) is 2.71. The number of nitrogens with one attached hydrogen (secondary N) is 1. The summed E-state index contributed by atoms with van der Waals surface area (Å²) in [5, 5.41) is 3.03. The summed E-state index contributed by atoms with van der Waals surface area (Å²) in [6.45, 7) is 0.701. The molecule has 5 heteroatoms. The average Bonchev–Trinajstić information content (AvgIpc) is 2.63.